The first-order valence-electron chi connectivity index (χ1n) is 8.42. The smallest absolute Gasteiger partial charge is 0.135 e. The van der Waals surface area contributed by atoms with Crippen LogP contribution in [0, 0.1) is 5.82 Å². The maximum atomic E-state index is 12.9. The maximum absolute atomic E-state index is 12.9. The number of aromatic nitrogens is 2. The Labute approximate surface area is 152 Å². The number of anilines is 3. The fraction of sp³-hybridized carbons (Fsp3) is 0.200. The second-order valence-electron chi connectivity index (χ2n) is 6.08. The largest absolute Gasteiger partial charge is 0.491 e. The average molecular weight is 352 g/mol. The van der Waals surface area contributed by atoms with E-state index >= 15 is 0 Å². The van der Waals surface area contributed by atoms with Crippen LogP contribution in [0.15, 0.2) is 60.9 Å². The molecule has 5 nitrogen and oxygen atoms in total. The molecule has 2 aromatic carbocycles. The second kappa shape index (κ2) is 8.29. The van der Waals surface area contributed by atoms with Crippen molar-refractivity contribution in [3.05, 3.63) is 72.3 Å². The SMILES string of the molecule is CC(C)Oc1ccc(Nc2cc(NCc3ccc(F)cc3)ncn2)cc1. The van der Waals surface area contributed by atoms with E-state index in [1.807, 2.05) is 44.2 Å². The Kier molecular flexibility index (Phi) is 5.63. The van der Waals surface area contributed by atoms with Gasteiger partial charge in [0.05, 0.1) is 6.10 Å². The third-order valence-electron chi connectivity index (χ3n) is 3.55. The van der Waals surface area contributed by atoms with Crippen molar-refractivity contribution in [1.82, 2.24) is 9.97 Å². The molecule has 0 spiro atoms. The van der Waals surface area contributed by atoms with Gasteiger partial charge in [-0.1, -0.05) is 12.1 Å². The second-order valence-corrected chi connectivity index (χ2v) is 6.08. The summed E-state index contributed by atoms with van der Waals surface area (Å²) in [6.45, 7) is 4.54. The van der Waals surface area contributed by atoms with E-state index in [9.17, 15) is 4.39 Å². The summed E-state index contributed by atoms with van der Waals surface area (Å²) < 4.78 is 18.6. The number of benzene rings is 2. The number of nitrogens with one attached hydrogen (secondary N) is 2. The number of rotatable bonds is 7. The minimum absolute atomic E-state index is 0.144. The molecule has 0 unspecified atom stereocenters. The molecular formula is C20H21FN4O. The lowest BCUT2D eigenvalue weighted by Gasteiger charge is -2.11. The van der Waals surface area contributed by atoms with Crippen molar-refractivity contribution >= 4 is 17.3 Å². The van der Waals surface area contributed by atoms with Crippen LogP contribution in [0.2, 0.25) is 0 Å². The maximum Gasteiger partial charge on any atom is 0.135 e. The standard InChI is InChI=1S/C20H21FN4O/c1-14(2)26-18-9-7-17(8-10-18)25-20-11-19(23-13-24-20)22-12-15-3-5-16(21)6-4-15/h3-11,13-14H,12H2,1-2H3,(H2,22,23,24,25). The molecule has 26 heavy (non-hydrogen) atoms. The van der Waals surface area contributed by atoms with Crippen LogP contribution >= 0.6 is 0 Å². The predicted octanol–water partition coefficient (Wildman–Crippen LogP) is 4.76. The van der Waals surface area contributed by atoms with Gasteiger partial charge in [0.15, 0.2) is 0 Å². The van der Waals surface area contributed by atoms with Gasteiger partial charge in [0.25, 0.3) is 0 Å². The number of hydrogen-bond donors (Lipinski definition) is 2. The highest BCUT2D eigenvalue weighted by Crippen LogP contribution is 2.20. The van der Waals surface area contributed by atoms with E-state index in [1.54, 1.807) is 12.1 Å². The zero-order valence-corrected chi connectivity index (χ0v) is 14.7. The van der Waals surface area contributed by atoms with Gasteiger partial charge in [0.2, 0.25) is 0 Å². The highest BCUT2D eigenvalue weighted by molar-refractivity contribution is 5.59. The summed E-state index contributed by atoms with van der Waals surface area (Å²) in [5.74, 6) is 1.95. The number of halogens is 1. The number of nitrogens with zero attached hydrogens (tertiary/aromatic N) is 2. The Morgan fingerprint density at radius 2 is 1.65 bits per heavy atom. The van der Waals surface area contributed by atoms with Crippen LogP contribution in [-0.2, 0) is 6.54 Å². The van der Waals surface area contributed by atoms with Gasteiger partial charge in [-0.2, -0.15) is 0 Å². The first-order chi connectivity index (χ1) is 12.6. The number of hydrogen-bond acceptors (Lipinski definition) is 5. The molecule has 0 aliphatic heterocycles. The van der Waals surface area contributed by atoms with Crippen molar-refractivity contribution in [3.63, 3.8) is 0 Å². The summed E-state index contributed by atoms with van der Waals surface area (Å²) in [7, 11) is 0. The Morgan fingerprint density at radius 1 is 0.962 bits per heavy atom. The minimum Gasteiger partial charge on any atom is -0.491 e. The van der Waals surface area contributed by atoms with E-state index in [0.717, 1.165) is 17.0 Å². The summed E-state index contributed by atoms with van der Waals surface area (Å²) in [5.41, 5.74) is 1.88. The highest BCUT2D eigenvalue weighted by Gasteiger charge is 2.02. The van der Waals surface area contributed by atoms with Gasteiger partial charge in [-0.05, 0) is 55.8 Å². The van der Waals surface area contributed by atoms with Crippen LogP contribution in [0.1, 0.15) is 19.4 Å². The molecule has 0 amide bonds. The van der Waals surface area contributed by atoms with E-state index in [-0.39, 0.29) is 11.9 Å². The molecule has 0 bridgehead atoms. The first kappa shape index (κ1) is 17.7. The lowest BCUT2D eigenvalue weighted by molar-refractivity contribution is 0.242. The molecule has 3 rings (SSSR count). The molecule has 1 aromatic heterocycles. The van der Waals surface area contributed by atoms with E-state index in [1.165, 1.54) is 18.5 Å². The van der Waals surface area contributed by atoms with Gasteiger partial charge in [0, 0.05) is 18.3 Å². The predicted molar refractivity (Wildman–Crippen MR) is 101 cm³/mol. The Morgan fingerprint density at radius 3 is 2.35 bits per heavy atom. The molecule has 0 aliphatic rings. The van der Waals surface area contributed by atoms with Gasteiger partial charge in [-0.25, -0.2) is 14.4 Å². The summed E-state index contributed by atoms with van der Waals surface area (Å²) in [5, 5.41) is 6.44. The summed E-state index contributed by atoms with van der Waals surface area (Å²) in [6.07, 6.45) is 1.64. The van der Waals surface area contributed by atoms with E-state index < -0.39 is 0 Å². The Hall–Kier alpha value is -3.15. The Balaban J connectivity index is 1.60. The van der Waals surface area contributed by atoms with Crippen molar-refractivity contribution in [1.29, 1.82) is 0 Å². The molecule has 6 heteroatoms. The average Bonchev–Trinajstić information content (AvgIpc) is 2.63. The molecule has 0 saturated carbocycles. The molecule has 0 radical (unpaired) electrons. The molecule has 0 fully saturated rings. The van der Waals surface area contributed by atoms with E-state index in [4.69, 9.17) is 4.74 Å². The lowest BCUT2D eigenvalue weighted by Crippen LogP contribution is -2.05. The zero-order valence-electron chi connectivity index (χ0n) is 14.7. The number of ether oxygens (including phenoxy) is 1. The third kappa shape index (κ3) is 5.17. The fourth-order valence-corrected chi connectivity index (χ4v) is 2.35. The fourth-order valence-electron chi connectivity index (χ4n) is 2.35. The van der Waals surface area contributed by atoms with Crippen LogP contribution in [0.25, 0.3) is 0 Å². The van der Waals surface area contributed by atoms with E-state index in [0.29, 0.717) is 18.2 Å². The van der Waals surface area contributed by atoms with Crippen LogP contribution in [0.4, 0.5) is 21.7 Å². The first-order valence-corrected chi connectivity index (χ1v) is 8.42. The van der Waals surface area contributed by atoms with Crippen molar-refractivity contribution in [2.45, 2.75) is 26.5 Å². The summed E-state index contributed by atoms with van der Waals surface area (Å²) in [6, 6.07) is 15.9. The molecule has 0 saturated heterocycles. The molecular weight excluding hydrogens is 331 g/mol. The monoisotopic (exact) mass is 352 g/mol. The van der Waals surface area contributed by atoms with Gasteiger partial charge in [-0.3, -0.25) is 0 Å². The highest BCUT2D eigenvalue weighted by atomic mass is 19.1. The lowest BCUT2D eigenvalue weighted by atomic mass is 10.2. The molecule has 1 heterocycles. The summed E-state index contributed by atoms with van der Waals surface area (Å²) in [4.78, 5) is 8.43. The van der Waals surface area contributed by atoms with E-state index in [2.05, 4.69) is 20.6 Å². The van der Waals surface area contributed by atoms with Crippen LogP contribution in [-0.4, -0.2) is 16.1 Å². The van der Waals surface area contributed by atoms with Gasteiger partial charge >= 0.3 is 0 Å². The molecule has 0 aliphatic carbocycles. The van der Waals surface area contributed by atoms with Crippen LogP contribution < -0.4 is 15.4 Å². The normalized spacial score (nSPS) is 10.6. The topological polar surface area (TPSA) is 59.1 Å². The molecule has 134 valence electrons. The van der Waals surface area contributed by atoms with Crippen LogP contribution in [0.5, 0.6) is 5.75 Å². The summed E-state index contributed by atoms with van der Waals surface area (Å²) >= 11 is 0. The van der Waals surface area contributed by atoms with Crippen LogP contribution in [0.3, 0.4) is 0 Å². The molecule has 3 aromatic rings. The van der Waals surface area contributed by atoms with Crippen molar-refractivity contribution < 1.29 is 9.13 Å². The van der Waals surface area contributed by atoms with Crippen molar-refractivity contribution in [3.8, 4) is 5.75 Å². The quantitative estimate of drug-likeness (QED) is 0.642. The zero-order chi connectivity index (χ0) is 18.4. The molecule has 2 N–H and O–H groups in total. The minimum atomic E-state index is -0.243. The van der Waals surface area contributed by atoms with Crippen molar-refractivity contribution in [2.75, 3.05) is 10.6 Å². The van der Waals surface area contributed by atoms with Gasteiger partial charge < -0.3 is 15.4 Å². The van der Waals surface area contributed by atoms with Gasteiger partial charge in [-0.15, -0.1) is 0 Å². The molecule has 0 atom stereocenters. The third-order valence-corrected chi connectivity index (χ3v) is 3.55. The van der Waals surface area contributed by atoms with Crippen molar-refractivity contribution in [2.24, 2.45) is 0 Å². The Bertz CT molecular complexity index is 835. The van der Waals surface area contributed by atoms with Gasteiger partial charge in [0.1, 0.15) is 29.5 Å².